The number of methoxy groups -OCH3 is 2. The van der Waals surface area contributed by atoms with Gasteiger partial charge in [0, 0.05) is 48.3 Å². The van der Waals surface area contributed by atoms with Crippen molar-refractivity contribution >= 4 is 16.5 Å². The Bertz CT molecular complexity index is 1130. The average molecular weight is 450 g/mol. The van der Waals surface area contributed by atoms with E-state index in [9.17, 15) is 5.11 Å². The number of benzene rings is 2. The summed E-state index contributed by atoms with van der Waals surface area (Å²) in [5.74, 6) is 1.84. The molecule has 0 unspecified atom stereocenters. The molecule has 1 N–H and O–H groups in total. The molecule has 5 rings (SSSR count). The van der Waals surface area contributed by atoms with E-state index < -0.39 is 0 Å². The van der Waals surface area contributed by atoms with E-state index in [1.807, 2.05) is 6.07 Å². The molecule has 2 aromatic carbocycles. The Hall–Kier alpha value is -2.86. The number of rotatable bonds is 5. The SMILES string of the molecule is CCN1CCN(c2cccc3c(O)n4c(c23)CCCC[C@@H]4c2ccc(OC)c(OC)c2)CC1. The van der Waals surface area contributed by atoms with Gasteiger partial charge in [-0.05, 0) is 55.6 Å². The van der Waals surface area contributed by atoms with E-state index in [-0.39, 0.29) is 6.04 Å². The van der Waals surface area contributed by atoms with Crippen molar-refractivity contribution < 1.29 is 14.6 Å². The van der Waals surface area contributed by atoms with Crippen molar-refractivity contribution in [3.8, 4) is 17.4 Å². The zero-order chi connectivity index (χ0) is 22.9. The molecule has 1 fully saturated rings. The monoisotopic (exact) mass is 449 g/mol. The van der Waals surface area contributed by atoms with Crippen molar-refractivity contribution in [2.45, 2.75) is 38.6 Å². The molecule has 176 valence electrons. The molecule has 6 nitrogen and oxygen atoms in total. The lowest BCUT2D eigenvalue weighted by Crippen LogP contribution is -2.46. The summed E-state index contributed by atoms with van der Waals surface area (Å²) < 4.78 is 13.2. The Morgan fingerprint density at radius 1 is 0.970 bits per heavy atom. The molecule has 0 saturated carbocycles. The standard InChI is InChI=1S/C27H35N3O3/c1-4-28-14-16-29(17-15-28)22-11-7-8-20-26(22)23-10-6-5-9-21(30(23)27(20)31)19-12-13-24(32-2)25(18-19)33-3/h7-8,11-13,18,21,31H,4-6,9-10,14-17H2,1-3H3/t21-/m1/s1. The number of fused-ring (bicyclic) bond motifs is 3. The molecule has 0 radical (unpaired) electrons. The lowest BCUT2D eigenvalue weighted by Gasteiger charge is -2.36. The molecule has 1 atom stereocenters. The first-order chi connectivity index (χ1) is 16.2. The van der Waals surface area contributed by atoms with E-state index in [1.54, 1.807) is 14.2 Å². The first kappa shape index (κ1) is 22.0. The van der Waals surface area contributed by atoms with Crippen LogP contribution in [0.2, 0.25) is 0 Å². The third-order valence-electron chi connectivity index (χ3n) is 7.50. The van der Waals surface area contributed by atoms with Crippen molar-refractivity contribution in [1.82, 2.24) is 9.47 Å². The summed E-state index contributed by atoms with van der Waals surface area (Å²) in [5.41, 5.74) is 3.66. The van der Waals surface area contributed by atoms with Crippen LogP contribution in [0.4, 0.5) is 5.69 Å². The molecule has 2 aliphatic rings. The Labute approximate surface area is 196 Å². The Balaban J connectivity index is 1.62. The maximum atomic E-state index is 11.5. The number of aryl methyl sites for hydroxylation is 1. The summed E-state index contributed by atoms with van der Waals surface area (Å²) in [6.07, 6.45) is 4.22. The van der Waals surface area contributed by atoms with Crippen LogP contribution in [0.3, 0.4) is 0 Å². The summed E-state index contributed by atoms with van der Waals surface area (Å²) >= 11 is 0. The van der Waals surface area contributed by atoms with Crippen molar-refractivity contribution in [1.29, 1.82) is 0 Å². The first-order valence-electron chi connectivity index (χ1n) is 12.2. The van der Waals surface area contributed by atoms with Crippen LogP contribution in [0.5, 0.6) is 17.4 Å². The molecule has 0 spiro atoms. The second-order valence-corrected chi connectivity index (χ2v) is 9.14. The summed E-state index contributed by atoms with van der Waals surface area (Å²) in [6, 6.07) is 12.6. The molecule has 2 aliphatic heterocycles. The number of hydrogen-bond donors (Lipinski definition) is 1. The topological polar surface area (TPSA) is 50.1 Å². The number of nitrogens with zero attached hydrogens (tertiary/aromatic N) is 3. The molecule has 0 aliphatic carbocycles. The summed E-state index contributed by atoms with van der Waals surface area (Å²) in [6.45, 7) is 7.56. The van der Waals surface area contributed by atoms with E-state index in [0.29, 0.717) is 5.88 Å². The van der Waals surface area contributed by atoms with Crippen LogP contribution in [-0.4, -0.2) is 61.5 Å². The van der Waals surface area contributed by atoms with Crippen LogP contribution in [0, 0.1) is 0 Å². The molecule has 33 heavy (non-hydrogen) atoms. The minimum atomic E-state index is 0.0690. The third kappa shape index (κ3) is 3.80. The largest absolute Gasteiger partial charge is 0.494 e. The number of ether oxygens (including phenoxy) is 2. The zero-order valence-electron chi connectivity index (χ0n) is 20.0. The van der Waals surface area contributed by atoms with E-state index in [4.69, 9.17) is 9.47 Å². The number of aromatic hydroxyl groups is 1. The normalized spacial score (nSPS) is 19.4. The van der Waals surface area contributed by atoms with Crippen LogP contribution in [0.1, 0.15) is 43.5 Å². The van der Waals surface area contributed by atoms with Crippen LogP contribution >= 0.6 is 0 Å². The molecule has 0 amide bonds. The van der Waals surface area contributed by atoms with E-state index in [1.165, 1.54) is 16.8 Å². The predicted molar refractivity (Wildman–Crippen MR) is 133 cm³/mol. The summed E-state index contributed by atoms with van der Waals surface area (Å²) in [7, 11) is 3.33. The molecule has 3 heterocycles. The smallest absolute Gasteiger partial charge is 0.199 e. The first-order valence-corrected chi connectivity index (χ1v) is 12.2. The lowest BCUT2D eigenvalue weighted by molar-refractivity contribution is 0.271. The Kier molecular flexibility index (Phi) is 6.11. The second-order valence-electron chi connectivity index (χ2n) is 9.14. The van der Waals surface area contributed by atoms with Gasteiger partial charge in [0.25, 0.3) is 0 Å². The number of piperazine rings is 1. The lowest BCUT2D eigenvalue weighted by atomic mass is 10.0. The number of likely N-dealkylation sites (N-methyl/N-ethyl adjacent to an activating group) is 1. The van der Waals surface area contributed by atoms with Gasteiger partial charge in [0.05, 0.1) is 20.3 Å². The van der Waals surface area contributed by atoms with Gasteiger partial charge in [-0.3, -0.25) is 0 Å². The van der Waals surface area contributed by atoms with E-state index in [2.05, 4.69) is 51.6 Å². The minimum Gasteiger partial charge on any atom is -0.494 e. The second kappa shape index (κ2) is 9.18. The Morgan fingerprint density at radius 2 is 1.76 bits per heavy atom. The fraction of sp³-hybridized carbons (Fsp3) is 0.481. The highest BCUT2D eigenvalue weighted by molar-refractivity contribution is 6.00. The number of anilines is 1. The fourth-order valence-electron chi connectivity index (χ4n) is 5.69. The predicted octanol–water partition coefficient (Wildman–Crippen LogP) is 4.82. The third-order valence-corrected chi connectivity index (χ3v) is 7.50. The van der Waals surface area contributed by atoms with Gasteiger partial charge in [-0.25, -0.2) is 0 Å². The molecule has 1 saturated heterocycles. The van der Waals surface area contributed by atoms with Crippen LogP contribution in [0.15, 0.2) is 36.4 Å². The molecule has 6 heteroatoms. The highest BCUT2D eigenvalue weighted by Crippen LogP contribution is 2.45. The van der Waals surface area contributed by atoms with Gasteiger partial charge in [-0.2, -0.15) is 0 Å². The highest BCUT2D eigenvalue weighted by Gasteiger charge is 2.29. The van der Waals surface area contributed by atoms with Gasteiger partial charge in [0.1, 0.15) is 0 Å². The quantitative estimate of drug-likeness (QED) is 0.605. The molecule has 0 bridgehead atoms. The van der Waals surface area contributed by atoms with Crippen molar-refractivity contribution in [2.75, 3.05) is 51.8 Å². The molecule has 1 aromatic heterocycles. The van der Waals surface area contributed by atoms with Crippen molar-refractivity contribution in [2.24, 2.45) is 0 Å². The van der Waals surface area contributed by atoms with Crippen molar-refractivity contribution in [3.63, 3.8) is 0 Å². The van der Waals surface area contributed by atoms with Gasteiger partial charge < -0.3 is 28.9 Å². The maximum Gasteiger partial charge on any atom is 0.199 e. The van der Waals surface area contributed by atoms with Crippen LogP contribution < -0.4 is 14.4 Å². The minimum absolute atomic E-state index is 0.0690. The zero-order valence-corrected chi connectivity index (χ0v) is 20.0. The van der Waals surface area contributed by atoms with Gasteiger partial charge >= 0.3 is 0 Å². The summed E-state index contributed by atoms with van der Waals surface area (Å²) in [4.78, 5) is 5.01. The van der Waals surface area contributed by atoms with Crippen LogP contribution in [-0.2, 0) is 6.42 Å². The van der Waals surface area contributed by atoms with E-state index in [0.717, 1.165) is 80.9 Å². The van der Waals surface area contributed by atoms with Gasteiger partial charge in [0.2, 0.25) is 0 Å². The van der Waals surface area contributed by atoms with Gasteiger partial charge in [-0.1, -0.05) is 25.5 Å². The number of hydrogen-bond acceptors (Lipinski definition) is 5. The average Bonchev–Trinajstić information content (AvgIpc) is 3.01. The molecular weight excluding hydrogens is 414 g/mol. The molecule has 3 aromatic rings. The summed E-state index contributed by atoms with van der Waals surface area (Å²) in [5, 5.41) is 13.7. The number of aromatic nitrogens is 1. The van der Waals surface area contributed by atoms with Gasteiger partial charge in [-0.15, -0.1) is 0 Å². The Morgan fingerprint density at radius 3 is 2.48 bits per heavy atom. The van der Waals surface area contributed by atoms with Gasteiger partial charge in [0.15, 0.2) is 17.4 Å². The van der Waals surface area contributed by atoms with Crippen molar-refractivity contribution in [3.05, 3.63) is 47.7 Å². The van der Waals surface area contributed by atoms with E-state index >= 15 is 0 Å². The fourth-order valence-corrected chi connectivity index (χ4v) is 5.69. The molecular formula is C27H35N3O3. The van der Waals surface area contributed by atoms with Crippen LogP contribution in [0.25, 0.3) is 10.8 Å². The highest BCUT2D eigenvalue weighted by atomic mass is 16.5. The maximum absolute atomic E-state index is 11.5.